The number of nitrogens with zero attached hydrogens (tertiary/aromatic N) is 1. The summed E-state index contributed by atoms with van der Waals surface area (Å²) in [4.78, 5) is 3.31. The first-order valence-electron chi connectivity index (χ1n) is 3.74. The third kappa shape index (κ3) is 1.76. The Kier molecular flexibility index (Phi) is 2.71. The summed E-state index contributed by atoms with van der Waals surface area (Å²) >= 11 is 0. The van der Waals surface area contributed by atoms with Gasteiger partial charge in [0.15, 0.2) is 0 Å². The van der Waals surface area contributed by atoms with Crippen molar-refractivity contribution in [2.24, 2.45) is 0 Å². The maximum absolute atomic E-state index is 6.71. The van der Waals surface area contributed by atoms with Crippen LogP contribution in [0.25, 0.3) is 4.85 Å². The predicted molar refractivity (Wildman–Crippen MR) is 48.0 cm³/mol. The summed E-state index contributed by atoms with van der Waals surface area (Å²) in [5, 5.41) is 0. The van der Waals surface area contributed by atoms with Crippen molar-refractivity contribution in [2.45, 2.75) is 13.5 Å². The third-order valence-electron chi connectivity index (χ3n) is 1.73. The van der Waals surface area contributed by atoms with Crippen molar-refractivity contribution in [2.75, 3.05) is 7.11 Å². The van der Waals surface area contributed by atoms with E-state index in [-0.39, 0.29) is 0 Å². The molecule has 0 atom stereocenters. The lowest BCUT2D eigenvalue weighted by Crippen LogP contribution is -1.88. The number of hydrogen-bond acceptors (Lipinski definition) is 1. The molecule has 0 amide bonds. The number of hydrogen-bond donors (Lipinski definition) is 0. The Morgan fingerprint density at radius 1 is 1.50 bits per heavy atom. The van der Waals surface area contributed by atoms with Gasteiger partial charge in [-0.25, -0.2) is 6.57 Å². The van der Waals surface area contributed by atoms with E-state index in [2.05, 4.69) is 4.85 Å². The van der Waals surface area contributed by atoms with Crippen LogP contribution in [0.3, 0.4) is 0 Å². The summed E-state index contributed by atoms with van der Waals surface area (Å²) in [6, 6.07) is 5.84. The van der Waals surface area contributed by atoms with E-state index in [1.165, 1.54) is 0 Å². The normalized spacial score (nSPS) is 9.08. The highest BCUT2D eigenvalue weighted by molar-refractivity contribution is 5.36. The van der Waals surface area contributed by atoms with Crippen molar-refractivity contribution in [3.8, 4) is 5.75 Å². The largest absolute Gasteiger partial charge is 0.496 e. The van der Waals surface area contributed by atoms with Crippen molar-refractivity contribution in [1.29, 1.82) is 0 Å². The maximum atomic E-state index is 6.71. The molecule has 0 spiro atoms. The Labute approximate surface area is 72.6 Å². The molecule has 0 aromatic heterocycles. The Morgan fingerprint density at radius 2 is 2.25 bits per heavy atom. The van der Waals surface area contributed by atoms with Crippen LogP contribution in [0.1, 0.15) is 11.1 Å². The molecule has 0 unspecified atom stereocenters. The molecule has 1 rings (SSSR count). The van der Waals surface area contributed by atoms with E-state index in [9.17, 15) is 0 Å². The fourth-order valence-corrected chi connectivity index (χ4v) is 1.05. The van der Waals surface area contributed by atoms with Crippen molar-refractivity contribution >= 4 is 0 Å². The van der Waals surface area contributed by atoms with Crippen LogP contribution in [0.15, 0.2) is 18.2 Å². The highest BCUT2D eigenvalue weighted by atomic mass is 16.5. The van der Waals surface area contributed by atoms with Crippen molar-refractivity contribution < 1.29 is 4.74 Å². The molecule has 2 heteroatoms. The molecule has 0 saturated carbocycles. The van der Waals surface area contributed by atoms with Crippen LogP contribution >= 0.6 is 0 Å². The average molecular weight is 161 g/mol. The third-order valence-corrected chi connectivity index (χ3v) is 1.73. The van der Waals surface area contributed by atoms with Gasteiger partial charge in [-0.05, 0) is 18.6 Å². The van der Waals surface area contributed by atoms with Crippen LogP contribution in [0.4, 0.5) is 0 Å². The SMILES string of the molecule is [C-]#[N+]Cc1ccc(C)c(OC)c1. The van der Waals surface area contributed by atoms with Crippen LogP contribution in [0.2, 0.25) is 0 Å². The second-order valence-corrected chi connectivity index (χ2v) is 2.62. The van der Waals surface area contributed by atoms with Gasteiger partial charge < -0.3 is 9.58 Å². The summed E-state index contributed by atoms with van der Waals surface area (Å²) in [6.45, 7) is 9.12. The van der Waals surface area contributed by atoms with E-state index in [0.29, 0.717) is 6.54 Å². The zero-order chi connectivity index (χ0) is 8.97. The zero-order valence-corrected chi connectivity index (χ0v) is 7.29. The minimum absolute atomic E-state index is 0.427. The van der Waals surface area contributed by atoms with Gasteiger partial charge in [0.1, 0.15) is 5.75 Å². The molecule has 2 nitrogen and oxygen atoms in total. The minimum atomic E-state index is 0.427. The van der Waals surface area contributed by atoms with Crippen LogP contribution in [0.5, 0.6) is 5.75 Å². The lowest BCUT2D eigenvalue weighted by molar-refractivity contribution is 0.411. The summed E-state index contributed by atoms with van der Waals surface area (Å²) in [6.07, 6.45) is 0. The first-order valence-corrected chi connectivity index (χ1v) is 3.74. The summed E-state index contributed by atoms with van der Waals surface area (Å²) in [5.74, 6) is 0.858. The molecule has 1 aromatic carbocycles. The molecule has 0 aliphatic rings. The second-order valence-electron chi connectivity index (χ2n) is 2.62. The topological polar surface area (TPSA) is 13.6 Å². The Bertz CT molecular complexity index is 312. The van der Waals surface area contributed by atoms with Gasteiger partial charge in [-0.1, -0.05) is 12.1 Å². The van der Waals surface area contributed by atoms with E-state index >= 15 is 0 Å². The van der Waals surface area contributed by atoms with Gasteiger partial charge in [0.2, 0.25) is 6.54 Å². The Balaban J connectivity index is 2.98. The lowest BCUT2D eigenvalue weighted by Gasteiger charge is -2.03. The van der Waals surface area contributed by atoms with E-state index in [1.807, 2.05) is 25.1 Å². The first kappa shape index (κ1) is 8.61. The van der Waals surface area contributed by atoms with E-state index in [1.54, 1.807) is 7.11 Å². The number of benzene rings is 1. The predicted octanol–water partition coefficient (Wildman–Crippen LogP) is 2.42. The van der Waals surface area contributed by atoms with Crippen LogP contribution in [-0.2, 0) is 6.54 Å². The molecular formula is C10H11NO. The average Bonchev–Trinajstić information content (AvgIpc) is 2.09. The molecule has 0 heterocycles. The molecule has 0 N–H and O–H groups in total. The molecule has 62 valence electrons. The van der Waals surface area contributed by atoms with Crippen LogP contribution < -0.4 is 4.74 Å². The molecule has 0 radical (unpaired) electrons. The molecule has 0 aliphatic heterocycles. The monoisotopic (exact) mass is 161 g/mol. The maximum Gasteiger partial charge on any atom is 0.239 e. The van der Waals surface area contributed by atoms with Gasteiger partial charge >= 0.3 is 0 Å². The standard InChI is InChI=1S/C10H11NO/c1-8-4-5-9(7-11-2)6-10(8)12-3/h4-6H,7H2,1,3H3. The molecule has 12 heavy (non-hydrogen) atoms. The summed E-state index contributed by atoms with van der Waals surface area (Å²) < 4.78 is 5.13. The highest BCUT2D eigenvalue weighted by Gasteiger charge is 2.00. The van der Waals surface area contributed by atoms with E-state index in [0.717, 1.165) is 16.9 Å². The molecular weight excluding hydrogens is 150 g/mol. The number of methoxy groups -OCH3 is 1. The molecule has 0 bridgehead atoms. The molecule has 0 aliphatic carbocycles. The fraction of sp³-hybridized carbons (Fsp3) is 0.300. The Morgan fingerprint density at radius 3 is 2.83 bits per heavy atom. The molecule has 0 saturated heterocycles. The summed E-state index contributed by atoms with van der Waals surface area (Å²) in [7, 11) is 1.64. The van der Waals surface area contributed by atoms with Gasteiger partial charge in [-0.15, -0.1) is 0 Å². The van der Waals surface area contributed by atoms with Crippen LogP contribution in [0, 0.1) is 13.5 Å². The van der Waals surface area contributed by atoms with Crippen molar-refractivity contribution in [3.05, 3.63) is 40.7 Å². The van der Waals surface area contributed by atoms with Crippen LogP contribution in [-0.4, -0.2) is 7.11 Å². The van der Waals surface area contributed by atoms with E-state index in [4.69, 9.17) is 11.3 Å². The number of rotatable bonds is 2. The van der Waals surface area contributed by atoms with Crippen molar-refractivity contribution in [1.82, 2.24) is 0 Å². The second kappa shape index (κ2) is 3.77. The van der Waals surface area contributed by atoms with Gasteiger partial charge in [0.05, 0.1) is 7.11 Å². The molecule has 1 aromatic rings. The Hall–Kier alpha value is -1.49. The van der Waals surface area contributed by atoms with Gasteiger partial charge in [-0.3, -0.25) is 0 Å². The fourth-order valence-electron chi connectivity index (χ4n) is 1.05. The zero-order valence-electron chi connectivity index (χ0n) is 7.29. The minimum Gasteiger partial charge on any atom is -0.496 e. The quantitative estimate of drug-likeness (QED) is 0.607. The molecule has 0 fully saturated rings. The van der Waals surface area contributed by atoms with Gasteiger partial charge in [0, 0.05) is 5.56 Å². The smallest absolute Gasteiger partial charge is 0.239 e. The van der Waals surface area contributed by atoms with Gasteiger partial charge in [0.25, 0.3) is 0 Å². The van der Waals surface area contributed by atoms with E-state index < -0.39 is 0 Å². The lowest BCUT2D eigenvalue weighted by atomic mass is 10.1. The number of aryl methyl sites for hydroxylation is 1. The highest BCUT2D eigenvalue weighted by Crippen LogP contribution is 2.19. The number of ether oxygens (including phenoxy) is 1. The van der Waals surface area contributed by atoms with Gasteiger partial charge in [-0.2, -0.15) is 0 Å². The first-order chi connectivity index (χ1) is 5.77. The summed E-state index contributed by atoms with van der Waals surface area (Å²) in [5.41, 5.74) is 2.11. The van der Waals surface area contributed by atoms with Crippen molar-refractivity contribution in [3.63, 3.8) is 0 Å².